The van der Waals surface area contributed by atoms with Crippen LogP contribution >= 0.6 is 0 Å². The van der Waals surface area contributed by atoms with Crippen molar-refractivity contribution >= 4 is 11.0 Å². The summed E-state index contributed by atoms with van der Waals surface area (Å²) in [5.74, 6) is 0.135. The molecule has 0 fully saturated rings. The molecule has 9 aromatic rings. The van der Waals surface area contributed by atoms with E-state index in [1.807, 2.05) is 68.6 Å². The molecule has 61 heavy (non-hydrogen) atoms. The number of aromatic hydroxyl groups is 1. The molecular weight excluding hydrogens is 926 g/mol. The second-order valence-electron chi connectivity index (χ2n) is 16.4. The molecule has 2 heterocycles. The zero-order chi connectivity index (χ0) is 42.3. The van der Waals surface area contributed by atoms with E-state index in [9.17, 15) is 5.11 Å². The van der Waals surface area contributed by atoms with Crippen molar-refractivity contribution in [3.63, 3.8) is 0 Å². The van der Waals surface area contributed by atoms with Crippen LogP contribution in [0.4, 0.5) is 0 Å². The van der Waals surface area contributed by atoms with Crippen molar-refractivity contribution < 1.29 is 27.5 Å². The van der Waals surface area contributed by atoms with E-state index in [1.165, 1.54) is 5.56 Å². The number of phenols is 1. The molecule has 5 heteroatoms. The van der Waals surface area contributed by atoms with Gasteiger partial charge in [0.1, 0.15) is 11.6 Å². The zero-order valence-corrected chi connectivity index (χ0v) is 37.3. The van der Waals surface area contributed by atoms with Crippen LogP contribution in [0.1, 0.15) is 59.4 Å². The molecule has 0 bridgehead atoms. The van der Waals surface area contributed by atoms with Crippen LogP contribution in [0.2, 0.25) is 0 Å². The molecule has 0 aliphatic carbocycles. The van der Waals surface area contributed by atoms with E-state index in [-0.39, 0.29) is 32.2 Å². The Hall–Kier alpha value is -6.35. The van der Waals surface area contributed by atoms with Crippen LogP contribution in [0.25, 0.3) is 83.9 Å². The Morgan fingerprint density at radius 3 is 2.00 bits per heavy atom. The van der Waals surface area contributed by atoms with Crippen LogP contribution in [-0.4, -0.2) is 19.6 Å². The van der Waals surface area contributed by atoms with Gasteiger partial charge in [0, 0.05) is 39.9 Å². The van der Waals surface area contributed by atoms with Crippen LogP contribution in [0.5, 0.6) is 5.75 Å². The minimum Gasteiger partial charge on any atom is -0.507 e. The third kappa shape index (κ3) is 8.13. The number of imidazole rings is 1. The fourth-order valence-corrected chi connectivity index (χ4v) is 8.01. The van der Waals surface area contributed by atoms with Crippen LogP contribution in [0.15, 0.2) is 176 Å². The molecule has 9 rings (SSSR count). The third-order valence-electron chi connectivity index (χ3n) is 11.9. The van der Waals surface area contributed by atoms with Crippen molar-refractivity contribution in [2.24, 2.45) is 0 Å². The summed E-state index contributed by atoms with van der Waals surface area (Å²) in [4.78, 5) is 10.3. The average Bonchev–Trinajstić information content (AvgIpc) is 3.68. The second kappa shape index (κ2) is 17.3. The van der Waals surface area contributed by atoms with E-state index >= 15 is 0 Å². The van der Waals surface area contributed by atoms with Crippen LogP contribution in [-0.2, 0) is 26.5 Å². The van der Waals surface area contributed by atoms with Gasteiger partial charge in [-0.25, -0.2) is 4.98 Å². The Morgan fingerprint density at radius 1 is 0.639 bits per heavy atom. The molecule has 7 aromatic carbocycles. The third-order valence-corrected chi connectivity index (χ3v) is 11.9. The van der Waals surface area contributed by atoms with Gasteiger partial charge in [-0.05, 0) is 87.5 Å². The quantitative estimate of drug-likeness (QED) is 0.139. The van der Waals surface area contributed by atoms with Crippen molar-refractivity contribution in [3.05, 3.63) is 193 Å². The van der Waals surface area contributed by atoms with Crippen LogP contribution in [0.3, 0.4) is 0 Å². The summed E-state index contributed by atoms with van der Waals surface area (Å²) in [7, 11) is 0. The number of aromatic nitrogens is 3. The molecule has 304 valence electrons. The molecule has 0 saturated carbocycles. The maximum Gasteiger partial charge on any atom is 0.148 e. The summed E-state index contributed by atoms with van der Waals surface area (Å²) < 4.78 is 10.7. The molecule has 0 unspecified atom stereocenters. The second-order valence-corrected chi connectivity index (χ2v) is 16.4. The molecule has 0 radical (unpaired) electrons. The SMILES string of the molecule is [2H]C(C)(C)c1ccc(-c2ccnc(-c3[c-]c(-c4cccc5c4nc(-c4ccccc4O)n5-c4ccc(C(C)(C)CC)cc4-c4ccccc4)cc(-c4ccccc4)c3)c2)cc1.[Pt]. The standard InChI is InChI=1S/C56H48N3O.Pt/c1-6-56(4,5)46-28-29-51(49(36-46)41-18-11-8-12-19-41)59-52-22-15-21-47(54(52)58-55(59)48-20-13-14-23-53(48)60)44-32-43(39-16-9-7-10-17-39)33-45(34-44)50-35-42(30-31-57-50)40-26-24-38(25-27-40)37(2)3;/h7-33,35-37,60H,6H2,1-5H3;/q-1;/i37D;. The van der Waals surface area contributed by atoms with Crippen molar-refractivity contribution in [1.29, 1.82) is 0 Å². The Morgan fingerprint density at radius 2 is 1.30 bits per heavy atom. The van der Waals surface area contributed by atoms with E-state index in [1.54, 1.807) is 6.07 Å². The number of nitrogens with zero attached hydrogens (tertiary/aromatic N) is 3. The van der Waals surface area contributed by atoms with Crippen LogP contribution < -0.4 is 0 Å². The van der Waals surface area contributed by atoms with Gasteiger partial charge in [-0.3, -0.25) is 9.55 Å². The minimum absolute atomic E-state index is 0. The average molecular weight is 975 g/mol. The van der Waals surface area contributed by atoms with E-state index in [2.05, 4.69) is 147 Å². The molecule has 0 spiro atoms. The van der Waals surface area contributed by atoms with Gasteiger partial charge in [0.2, 0.25) is 0 Å². The molecule has 4 nitrogen and oxygen atoms in total. The smallest absolute Gasteiger partial charge is 0.148 e. The number of rotatable bonds is 10. The molecule has 0 saturated heterocycles. The van der Waals surface area contributed by atoms with E-state index in [0.717, 1.165) is 84.5 Å². The normalized spacial score (nSPS) is 11.9. The number of para-hydroxylation sites is 2. The molecule has 2 aromatic heterocycles. The van der Waals surface area contributed by atoms with Gasteiger partial charge in [0.15, 0.2) is 0 Å². The van der Waals surface area contributed by atoms with Gasteiger partial charge in [0.05, 0.1) is 22.3 Å². The topological polar surface area (TPSA) is 50.9 Å². The number of benzene rings is 7. The predicted molar refractivity (Wildman–Crippen MR) is 249 cm³/mol. The number of phenolic OH excluding ortho intramolecular Hbond substituents is 1. The summed E-state index contributed by atoms with van der Waals surface area (Å²) in [6.07, 6.45) is 2.85. The zero-order valence-electron chi connectivity index (χ0n) is 36.1. The van der Waals surface area contributed by atoms with E-state index < -0.39 is 5.89 Å². The van der Waals surface area contributed by atoms with Crippen molar-refractivity contribution in [1.82, 2.24) is 14.5 Å². The van der Waals surface area contributed by atoms with Crippen LogP contribution in [0, 0.1) is 6.07 Å². The minimum atomic E-state index is -0.674. The van der Waals surface area contributed by atoms with Crippen molar-refractivity contribution in [3.8, 4) is 78.6 Å². The first-order valence-electron chi connectivity index (χ1n) is 21.2. The summed E-state index contributed by atoms with van der Waals surface area (Å²) in [6.45, 7) is 10.6. The van der Waals surface area contributed by atoms with Gasteiger partial charge in [-0.2, -0.15) is 0 Å². The van der Waals surface area contributed by atoms with Gasteiger partial charge in [0.25, 0.3) is 0 Å². The fourth-order valence-electron chi connectivity index (χ4n) is 8.01. The number of pyridine rings is 1. The summed E-state index contributed by atoms with van der Waals surface area (Å²) in [6, 6.07) is 62.0. The molecule has 0 aliphatic heterocycles. The fraction of sp³-hybridized carbons (Fsp3) is 0.143. The van der Waals surface area contributed by atoms with Crippen molar-refractivity contribution in [2.45, 2.75) is 52.3 Å². The molecular formula is C56H48N3OPt-. The first-order chi connectivity index (χ1) is 29.5. The molecule has 0 atom stereocenters. The van der Waals surface area contributed by atoms with E-state index in [0.29, 0.717) is 11.4 Å². The largest absolute Gasteiger partial charge is 0.507 e. The maximum atomic E-state index is 11.4. The maximum absolute atomic E-state index is 11.4. The first kappa shape index (κ1) is 40.1. The molecule has 1 N–H and O–H groups in total. The Balaban J connectivity index is 0.00000529. The molecule has 0 aliphatic rings. The summed E-state index contributed by atoms with van der Waals surface area (Å²) >= 11 is 0. The van der Waals surface area contributed by atoms with Gasteiger partial charge < -0.3 is 5.11 Å². The summed E-state index contributed by atoms with van der Waals surface area (Å²) in [5.41, 5.74) is 15.4. The van der Waals surface area contributed by atoms with Gasteiger partial charge in [-0.15, -0.1) is 23.8 Å². The Kier molecular flexibility index (Phi) is 11.4. The monoisotopic (exact) mass is 974 g/mol. The van der Waals surface area contributed by atoms with Gasteiger partial charge in [-0.1, -0.05) is 173 Å². The first-order valence-corrected chi connectivity index (χ1v) is 20.7. The predicted octanol–water partition coefficient (Wildman–Crippen LogP) is 14.7. The van der Waals surface area contributed by atoms with Gasteiger partial charge >= 0.3 is 0 Å². The molecule has 0 amide bonds. The number of fused-ring (bicyclic) bond motifs is 1. The number of hydrogen-bond acceptors (Lipinski definition) is 3. The number of hydrogen-bond donors (Lipinski definition) is 1. The van der Waals surface area contributed by atoms with Crippen molar-refractivity contribution in [2.75, 3.05) is 0 Å². The Labute approximate surface area is 375 Å². The Bertz CT molecular complexity index is 3020. The van der Waals surface area contributed by atoms with E-state index in [4.69, 9.17) is 11.3 Å². The summed E-state index contributed by atoms with van der Waals surface area (Å²) in [5, 5.41) is 11.4.